The molecule has 1 aliphatic heterocycles. The van der Waals surface area contributed by atoms with Gasteiger partial charge >= 0.3 is 0 Å². The van der Waals surface area contributed by atoms with Gasteiger partial charge in [0.25, 0.3) is 0 Å². The van der Waals surface area contributed by atoms with E-state index in [0.29, 0.717) is 12.1 Å². The van der Waals surface area contributed by atoms with Gasteiger partial charge in [0.2, 0.25) is 0 Å². The topological polar surface area (TPSA) is 47.3 Å². The number of hydrogen-bond acceptors (Lipinski definition) is 3. The Labute approximate surface area is 92.7 Å². The zero-order chi connectivity index (χ0) is 10.5. The van der Waals surface area contributed by atoms with Gasteiger partial charge in [-0.1, -0.05) is 6.42 Å². The van der Waals surface area contributed by atoms with E-state index in [1.54, 1.807) is 0 Å². The first kappa shape index (κ1) is 11.4. The summed E-state index contributed by atoms with van der Waals surface area (Å²) in [6.45, 7) is 2.92. The lowest BCUT2D eigenvalue weighted by molar-refractivity contribution is 0.103. The zero-order valence-corrected chi connectivity index (χ0v) is 9.58. The molecule has 2 rings (SSSR count). The number of nitrogens with two attached hydrogens (primary N) is 1. The van der Waals surface area contributed by atoms with Gasteiger partial charge in [-0.25, -0.2) is 0 Å². The molecular weight excluding hydrogens is 188 g/mol. The Bertz CT molecular complexity index is 180. The van der Waals surface area contributed by atoms with Crippen molar-refractivity contribution in [3.8, 4) is 0 Å². The van der Waals surface area contributed by atoms with Crippen molar-refractivity contribution in [3.63, 3.8) is 0 Å². The van der Waals surface area contributed by atoms with E-state index in [-0.39, 0.29) is 0 Å². The fourth-order valence-electron chi connectivity index (χ4n) is 2.89. The maximum Gasteiger partial charge on any atom is 0.0588 e. The summed E-state index contributed by atoms with van der Waals surface area (Å²) in [5, 5.41) is 3.65. The molecule has 3 N–H and O–H groups in total. The van der Waals surface area contributed by atoms with Gasteiger partial charge in [0.1, 0.15) is 0 Å². The molecule has 2 aliphatic rings. The molecule has 0 spiro atoms. The molecular formula is C12H24N2O. The monoisotopic (exact) mass is 212 g/mol. The maximum absolute atomic E-state index is 5.75. The van der Waals surface area contributed by atoms with Crippen molar-refractivity contribution in [2.75, 3.05) is 19.7 Å². The molecule has 1 saturated heterocycles. The number of nitrogens with one attached hydrogen (secondary N) is 1. The molecule has 1 saturated carbocycles. The minimum atomic E-state index is 0.523. The van der Waals surface area contributed by atoms with E-state index in [9.17, 15) is 0 Å². The largest absolute Gasteiger partial charge is 0.378 e. The van der Waals surface area contributed by atoms with Crippen LogP contribution in [0, 0.1) is 5.92 Å². The zero-order valence-electron chi connectivity index (χ0n) is 9.58. The predicted molar refractivity (Wildman–Crippen MR) is 61.8 cm³/mol. The van der Waals surface area contributed by atoms with Crippen molar-refractivity contribution in [1.82, 2.24) is 5.32 Å². The van der Waals surface area contributed by atoms with Crippen LogP contribution < -0.4 is 11.1 Å². The highest BCUT2D eigenvalue weighted by Gasteiger charge is 2.25. The highest BCUT2D eigenvalue weighted by molar-refractivity contribution is 4.83. The van der Waals surface area contributed by atoms with E-state index in [4.69, 9.17) is 10.5 Å². The minimum Gasteiger partial charge on any atom is -0.378 e. The Morgan fingerprint density at radius 3 is 2.87 bits per heavy atom. The molecule has 1 aliphatic carbocycles. The van der Waals surface area contributed by atoms with Gasteiger partial charge in [-0.15, -0.1) is 0 Å². The summed E-state index contributed by atoms with van der Waals surface area (Å²) in [6.07, 6.45) is 8.18. The lowest BCUT2D eigenvalue weighted by Gasteiger charge is -2.20. The summed E-state index contributed by atoms with van der Waals surface area (Å²) in [5.74, 6) is 0.717. The molecule has 0 aromatic carbocycles. The Balaban J connectivity index is 1.60. The summed E-state index contributed by atoms with van der Waals surface area (Å²) in [6, 6.07) is 0.677. The third kappa shape index (κ3) is 3.16. The van der Waals surface area contributed by atoms with Crippen LogP contribution in [-0.4, -0.2) is 31.8 Å². The summed E-state index contributed by atoms with van der Waals surface area (Å²) in [4.78, 5) is 0. The number of rotatable bonds is 5. The second-order valence-electron chi connectivity index (χ2n) is 4.91. The van der Waals surface area contributed by atoms with Crippen molar-refractivity contribution in [3.05, 3.63) is 0 Å². The molecule has 3 nitrogen and oxygen atoms in total. The first-order chi connectivity index (χ1) is 7.40. The standard InChI is InChI=1S/C12H24N2O/c13-9-10-3-1-5-12(10)14-7-6-11-4-2-8-15-11/h10-12,14H,1-9,13H2. The molecule has 0 aromatic rings. The average molecular weight is 212 g/mol. The molecule has 0 radical (unpaired) electrons. The van der Waals surface area contributed by atoms with E-state index in [2.05, 4.69) is 5.32 Å². The van der Waals surface area contributed by atoms with E-state index in [1.807, 2.05) is 0 Å². The fourth-order valence-corrected chi connectivity index (χ4v) is 2.89. The Hall–Kier alpha value is -0.120. The average Bonchev–Trinajstić information content (AvgIpc) is 2.88. The Morgan fingerprint density at radius 1 is 1.20 bits per heavy atom. The Morgan fingerprint density at radius 2 is 2.13 bits per heavy atom. The molecule has 3 atom stereocenters. The lowest BCUT2D eigenvalue weighted by Crippen LogP contribution is -2.37. The second kappa shape index (κ2) is 5.83. The number of hydrogen-bond donors (Lipinski definition) is 2. The van der Waals surface area contributed by atoms with E-state index in [0.717, 1.165) is 25.6 Å². The molecule has 0 amide bonds. The highest BCUT2D eigenvalue weighted by Crippen LogP contribution is 2.24. The van der Waals surface area contributed by atoms with Crippen LogP contribution in [-0.2, 0) is 4.74 Å². The first-order valence-electron chi connectivity index (χ1n) is 6.45. The molecule has 3 heteroatoms. The van der Waals surface area contributed by atoms with Gasteiger partial charge < -0.3 is 15.8 Å². The molecule has 2 fully saturated rings. The second-order valence-corrected chi connectivity index (χ2v) is 4.91. The van der Waals surface area contributed by atoms with Crippen molar-refractivity contribution in [2.45, 2.75) is 50.7 Å². The maximum atomic E-state index is 5.75. The SMILES string of the molecule is NCC1CCCC1NCCC1CCCO1. The molecule has 15 heavy (non-hydrogen) atoms. The van der Waals surface area contributed by atoms with E-state index >= 15 is 0 Å². The quantitative estimate of drug-likeness (QED) is 0.721. The summed E-state index contributed by atoms with van der Waals surface area (Å²) in [7, 11) is 0. The molecule has 0 aromatic heterocycles. The molecule has 1 heterocycles. The van der Waals surface area contributed by atoms with Crippen molar-refractivity contribution in [2.24, 2.45) is 11.7 Å². The van der Waals surface area contributed by atoms with Crippen LogP contribution in [0.1, 0.15) is 38.5 Å². The normalized spacial score (nSPS) is 36.2. The predicted octanol–water partition coefficient (Wildman–Crippen LogP) is 1.27. The van der Waals surface area contributed by atoms with Crippen LogP contribution in [0.5, 0.6) is 0 Å². The summed E-state index contributed by atoms with van der Waals surface area (Å²) < 4.78 is 5.61. The van der Waals surface area contributed by atoms with Crippen molar-refractivity contribution < 1.29 is 4.74 Å². The van der Waals surface area contributed by atoms with Crippen LogP contribution in [0.4, 0.5) is 0 Å². The third-order valence-electron chi connectivity index (χ3n) is 3.86. The van der Waals surface area contributed by atoms with Gasteiger partial charge in [-0.05, 0) is 51.1 Å². The van der Waals surface area contributed by atoms with Gasteiger partial charge in [-0.3, -0.25) is 0 Å². The van der Waals surface area contributed by atoms with Gasteiger partial charge in [0, 0.05) is 12.6 Å². The lowest BCUT2D eigenvalue weighted by atomic mass is 10.0. The van der Waals surface area contributed by atoms with Crippen LogP contribution in [0.15, 0.2) is 0 Å². The van der Waals surface area contributed by atoms with Crippen LogP contribution in [0.2, 0.25) is 0 Å². The van der Waals surface area contributed by atoms with E-state index < -0.39 is 0 Å². The third-order valence-corrected chi connectivity index (χ3v) is 3.86. The summed E-state index contributed by atoms with van der Waals surface area (Å²) in [5.41, 5.74) is 5.75. The molecule has 88 valence electrons. The number of ether oxygens (including phenoxy) is 1. The molecule has 3 unspecified atom stereocenters. The Kier molecular flexibility index (Phi) is 4.42. The van der Waals surface area contributed by atoms with Gasteiger partial charge in [-0.2, -0.15) is 0 Å². The van der Waals surface area contributed by atoms with Gasteiger partial charge in [0.05, 0.1) is 6.10 Å². The highest BCUT2D eigenvalue weighted by atomic mass is 16.5. The van der Waals surface area contributed by atoms with Crippen molar-refractivity contribution in [1.29, 1.82) is 0 Å². The fraction of sp³-hybridized carbons (Fsp3) is 1.00. The van der Waals surface area contributed by atoms with Crippen molar-refractivity contribution >= 4 is 0 Å². The van der Waals surface area contributed by atoms with Gasteiger partial charge in [0.15, 0.2) is 0 Å². The van der Waals surface area contributed by atoms with E-state index in [1.165, 1.54) is 38.5 Å². The summed E-state index contributed by atoms with van der Waals surface area (Å²) >= 11 is 0. The smallest absolute Gasteiger partial charge is 0.0588 e. The van der Waals surface area contributed by atoms with Crippen LogP contribution in [0.25, 0.3) is 0 Å². The van der Waals surface area contributed by atoms with Crippen LogP contribution in [0.3, 0.4) is 0 Å². The first-order valence-corrected chi connectivity index (χ1v) is 6.45. The molecule has 0 bridgehead atoms. The minimum absolute atomic E-state index is 0.523. The van der Waals surface area contributed by atoms with Crippen LogP contribution >= 0.6 is 0 Å².